The third-order valence-electron chi connectivity index (χ3n) is 4.13. The molecule has 2 N–H and O–H groups in total. The monoisotopic (exact) mass is 310 g/mol. The lowest BCUT2D eigenvalue weighted by atomic mass is 9.95. The van der Waals surface area contributed by atoms with Crippen LogP contribution in [-0.4, -0.2) is 16.7 Å². The van der Waals surface area contributed by atoms with Gasteiger partial charge in [0.2, 0.25) is 0 Å². The minimum atomic E-state index is -0.435. The SMILES string of the molecule is CC(=O)c1ccc(NC(=O)c2cc3c([nH]c2=O)CCCC3)cc1. The van der Waals surface area contributed by atoms with E-state index in [9.17, 15) is 14.4 Å². The van der Waals surface area contributed by atoms with Crippen LogP contribution in [0.4, 0.5) is 5.69 Å². The number of carbonyl (C=O) groups is 2. The highest BCUT2D eigenvalue weighted by atomic mass is 16.2. The number of hydrogen-bond donors (Lipinski definition) is 2. The van der Waals surface area contributed by atoms with E-state index in [0.717, 1.165) is 36.9 Å². The van der Waals surface area contributed by atoms with Gasteiger partial charge in [-0.1, -0.05) is 0 Å². The average Bonchev–Trinajstić information content (AvgIpc) is 2.54. The molecule has 0 fully saturated rings. The zero-order valence-corrected chi connectivity index (χ0v) is 12.9. The van der Waals surface area contributed by atoms with Gasteiger partial charge in [0, 0.05) is 16.9 Å². The summed E-state index contributed by atoms with van der Waals surface area (Å²) in [6.45, 7) is 1.49. The number of amides is 1. The minimum absolute atomic E-state index is 0.0333. The van der Waals surface area contributed by atoms with E-state index in [2.05, 4.69) is 10.3 Å². The lowest BCUT2D eigenvalue weighted by molar-refractivity contribution is 0.101. The Bertz CT molecular complexity index is 819. The molecule has 0 spiro atoms. The van der Waals surface area contributed by atoms with Gasteiger partial charge in [0.25, 0.3) is 11.5 Å². The van der Waals surface area contributed by atoms with Crippen LogP contribution in [0.25, 0.3) is 0 Å². The van der Waals surface area contributed by atoms with Gasteiger partial charge in [-0.05, 0) is 68.5 Å². The van der Waals surface area contributed by atoms with Crippen LogP contribution in [-0.2, 0) is 12.8 Å². The molecule has 5 heteroatoms. The summed E-state index contributed by atoms with van der Waals surface area (Å²) < 4.78 is 0. The van der Waals surface area contributed by atoms with E-state index in [4.69, 9.17) is 0 Å². The first kappa shape index (κ1) is 15.2. The molecular formula is C18H18N2O3. The second-order valence-electron chi connectivity index (χ2n) is 5.81. The third-order valence-corrected chi connectivity index (χ3v) is 4.13. The summed E-state index contributed by atoms with van der Waals surface area (Å²) in [5, 5.41) is 2.70. The number of pyridine rings is 1. The maximum atomic E-state index is 12.3. The molecule has 0 aliphatic heterocycles. The number of aromatic nitrogens is 1. The molecule has 0 saturated carbocycles. The Morgan fingerprint density at radius 3 is 2.48 bits per heavy atom. The van der Waals surface area contributed by atoms with Gasteiger partial charge in [0.05, 0.1) is 0 Å². The van der Waals surface area contributed by atoms with Crippen LogP contribution < -0.4 is 10.9 Å². The summed E-state index contributed by atoms with van der Waals surface area (Å²) in [4.78, 5) is 38.5. The number of H-pyrrole nitrogens is 1. The van der Waals surface area contributed by atoms with Crippen molar-refractivity contribution >= 4 is 17.4 Å². The van der Waals surface area contributed by atoms with E-state index >= 15 is 0 Å². The largest absolute Gasteiger partial charge is 0.325 e. The van der Waals surface area contributed by atoms with Crippen LogP contribution >= 0.6 is 0 Å². The first-order valence-corrected chi connectivity index (χ1v) is 7.72. The molecule has 23 heavy (non-hydrogen) atoms. The van der Waals surface area contributed by atoms with Gasteiger partial charge in [-0.25, -0.2) is 0 Å². The fraction of sp³-hybridized carbons (Fsp3) is 0.278. The molecule has 0 atom stereocenters. The van der Waals surface area contributed by atoms with Gasteiger partial charge in [0.1, 0.15) is 5.56 Å². The predicted molar refractivity (Wildman–Crippen MR) is 88.1 cm³/mol. The highest BCUT2D eigenvalue weighted by Gasteiger charge is 2.17. The van der Waals surface area contributed by atoms with Crippen molar-refractivity contribution in [3.63, 3.8) is 0 Å². The molecule has 0 bridgehead atoms. The van der Waals surface area contributed by atoms with Gasteiger partial charge in [-0.2, -0.15) is 0 Å². The van der Waals surface area contributed by atoms with Gasteiger partial charge >= 0.3 is 0 Å². The minimum Gasteiger partial charge on any atom is -0.325 e. The summed E-state index contributed by atoms with van der Waals surface area (Å²) >= 11 is 0. The van der Waals surface area contributed by atoms with Crippen molar-refractivity contribution in [1.29, 1.82) is 0 Å². The number of benzene rings is 1. The number of ketones is 1. The molecule has 5 nitrogen and oxygen atoms in total. The van der Waals surface area contributed by atoms with Crippen molar-refractivity contribution in [2.75, 3.05) is 5.32 Å². The van der Waals surface area contributed by atoms with Crippen molar-refractivity contribution in [3.8, 4) is 0 Å². The summed E-state index contributed by atoms with van der Waals surface area (Å²) in [5.74, 6) is -0.468. The Kier molecular flexibility index (Phi) is 4.10. The first-order valence-electron chi connectivity index (χ1n) is 7.72. The number of aryl methyl sites for hydroxylation is 2. The molecule has 1 aromatic carbocycles. The smallest absolute Gasteiger partial charge is 0.261 e. The third kappa shape index (κ3) is 3.23. The zero-order chi connectivity index (χ0) is 16.4. The van der Waals surface area contributed by atoms with Crippen LogP contribution in [0.5, 0.6) is 0 Å². The van der Waals surface area contributed by atoms with Crippen molar-refractivity contribution in [1.82, 2.24) is 4.98 Å². The Morgan fingerprint density at radius 1 is 1.09 bits per heavy atom. The molecule has 1 aliphatic carbocycles. The maximum Gasteiger partial charge on any atom is 0.261 e. The maximum absolute atomic E-state index is 12.3. The van der Waals surface area contributed by atoms with Crippen molar-refractivity contribution in [3.05, 3.63) is 63.1 Å². The van der Waals surface area contributed by atoms with E-state index in [1.807, 2.05) is 0 Å². The summed E-state index contributed by atoms with van der Waals surface area (Å²) in [6, 6.07) is 8.30. The number of nitrogens with one attached hydrogen (secondary N) is 2. The highest BCUT2D eigenvalue weighted by molar-refractivity contribution is 6.04. The standard InChI is InChI=1S/C18H18N2O3/c1-11(21)12-6-8-14(9-7-12)19-17(22)15-10-13-4-2-3-5-16(13)20-18(15)23/h6-10H,2-5H2,1H3,(H,19,22)(H,20,23). The van der Waals surface area contributed by atoms with Gasteiger partial charge < -0.3 is 10.3 Å². The van der Waals surface area contributed by atoms with Crippen molar-refractivity contribution in [2.24, 2.45) is 0 Å². The molecule has 0 radical (unpaired) electrons. The van der Waals surface area contributed by atoms with Crippen molar-refractivity contribution < 1.29 is 9.59 Å². The van der Waals surface area contributed by atoms with E-state index in [0.29, 0.717) is 11.3 Å². The van der Waals surface area contributed by atoms with E-state index in [1.165, 1.54) is 6.92 Å². The molecule has 1 amide bonds. The fourth-order valence-corrected chi connectivity index (χ4v) is 2.83. The Balaban J connectivity index is 1.83. The molecule has 1 aliphatic rings. The average molecular weight is 310 g/mol. The van der Waals surface area contributed by atoms with Crippen molar-refractivity contribution in [2.45, 2.75) is 32.6 Å². The molecule has 3 rings (SSSR count). The first-order chi connectivity index (χ1) is 11.0. The number of hydrogen-bond acceptors (Lipinski definition) is 3. The van der Waals surface area contributed by atoms with E-state index in [-0.39, 0.29) is 16.9 Å². The topological polar surface area (TPSA) is 79.0 Å². The van der Waals surface area contributed by atoms with Gasteiger partial charge in [-0.15, -0.1) is 0 Å². The molecule has 118 valence electrons. The van der Waals surface area contributed by atoms with Crippen LogP contribution in [0.1, 0.15) is 51.7 Å². The Labute approximate surface area is 133 Å². The fourth-order valence-electron chi connectivity index (χ4n) is 2.83. The summed E-state index contributed by atoms with van der Waals surface area (Å²) in [6.07, 6.45) is 3.89. The second-order valence-corrected chi connectivity index (χ2v) is 5.81. The van der Waals surface area contributed by atoms with E-state index in [1.54, 1.807) is 30.3 Å². The van der Waals surface area contributed by atoms with Crippen LogP contribution in [0.3, 0.4) is 0 Å². The molecule has 1 heterocycles. The lowest BCUT2D eigenvalue weighted by Gasteiger charge is -2.16. The number of rotatable bonds is 3. The molecule has 0 saturated heterocycles. The molecular weight excluding hydrogens is 292 g/mol. The summed E-state index contributed by atoms with van der Waals surface area (Å²) in [7, 11) is 0. The summed E-state index contributed by atoms with van der Waals surface area (Å²) in [5.41, 5.74) is 2.90. The van der Waals surface area contributed by atoms with E-state index < -0.39 is 5.91 Å². The molecule has 1 aromatic heterocycles. The Hall–Kier alpha value is -2.69. The highest BCUT2D eigenvalue weighted by Crippen LogP contribution is 2.19. The lowest BCUT2D eigenvalue weighted by Crippen LogP contribution is -2.26. The number of anilines is 1. The van der Waals surface area contributed by atoms with Gasteiger partial charge in [0.15, 0.2) is 5.78 Å². The van der Waals surface area contributed by atoms with Crippen LogP contribution in [0.15, 0.2) is 35.1 Å². The number of carbonyl (C=O) groups excluding carboxylic acids is 2. The van der Waals surface area contributed by atoms with Gasteiger partial charge in [-0.3, -0.25) is 14.4 Å². The number of fused-ring (bicyclic) bond motifs is 1. The predicted octanol–water partition coefficient (Wildman–Crippen LogP) is 2.71. The normalized spacial score (nSPS) is 13.3. The Morgan fingerprint density at radius 2 is 1.78 bits per heavy atom. The van der Waals surface area contributed by atoms with Crippen LogP contribution in [0, 0.1) is 0 Å². The second kappa shape index (κ2) is 6.20. The quantitative estimate of drug-likeness (QED) is 0.856. The van der Waals surface area contributed by atoms with Crippen LogP contribution in [0.2, 0.25) is 0 Å². The number of aromatic amines is 1. The zero-order valence-electron chi connectivity index (χ0n) is 12.9. The number of Topliss-reactive ketones (excluding diaryl/α,β-unsaturated/α-hetero) is 1. The molecule has 2 aromatic rings. The molecule has 0 unspecified atom stereocenters.